The van der Waals surface area contributed by atoms with E-state index in [1.807, 2.05) is 67.4 Å². The zero-order valence-electron chi connectivity index (χ0n) is 13.7. The summed E-state index contributed by atoms with van der Waals surface area (Å²) < 4.78 is 0. The molecule has 2 aromatic carbocycles. The van der Waals surface area contributed by atoms with E-state index in [1.165, 1.54) is 0 Å². The van der Waals surface area contributed by atoms with E-state index in [0.29, 0.717) is 18.1 Å². The molecule has 1 amide bonds. The number of halogens is 1. The average Bonchev–Trinajstić information content (AvgIpc) is 2.57. The van der Waals surface area contributed by atoms with Gasteiger partial charge in [-0.2, -0.15) is 0 Å². The average molecular weight is 331 g/mol. The van der Waals surface area contributed by atoms with Gasteiger partial charge < -0.3 is 10.2 Å². The van der Waals surface area contributed by atoms with Gasteiger partial charge in [-0.05, 0) is 56.3 Å². The van der Waals surface area contributed by atoms with Gasteiger partial charge in [0.1, 0.15) is 0 Å². The van der Waals surface area contributed by atoms with Crippen LogP contribution in [0.2, 0.25) is 5.02 Å². The number of benzene rings is 2. The molecule has 0 atom stereocenters. The van der Waals surface area contributed by atoms with E-state index in [-0.39, 0.29) is 5.91 Å². The molecular formula is C19H23ClN2O. The molecule has 0 saturated carbocycles. The van der Waals surface area contributed by atoms with Gasteiger partial charge in [-0.1, -0.05) is 41.9 Å². The summed E-state index contributed by atoms with van der Waals surface area (Å²) in [6.07, 6.45) is 0.840. The fourth-order valence-corrected chi connectivity index (χ4v) is 2.77. The number of likely N-dealkylation sites (N-methyl/N-ethyl adjacent to an activating group) is 1. The molecule has 3 nitrogen and oxygen atoms in total. The molecule has 1 N–H and O–H groups in total. The quantitative estimate of drug-likeness (QED) is 0.838. The van der Waals surface area contributed by atoms with E-state index in [4.69, 9.17) is 11.6 Å². The topological polar surface area (TPSA) is 32.3 Å². The number of rotatable bonds is 7. The lowest BCUT2D eigenvalue weighted by atomic mass is 10.0. The van der Waals surface area contributed by atoms with Crippen LogP contribution in [0.4, 0.5) is 0 Å². The van der Waals surface area contributed by atoms with Crippen molar-refractivity contribution in [1.29, 1.82) is 0 Å². The molecule has 0 radical (unpaired) electrons. The Morgan fingerprint density at radius 2 is 1.96 bits per heavy atom. The third kappa shape index (κ3) is 4.81. The number of nitrogens with one attached hydrogen (secondary N) is 1. The third-order valence-electron chi connectivity index (χ3n) is 3.82. The molecule has 0 bridgehead atoms. The highest BCUT2D eigenvalue weighted by molar-refractivity contribution is 6.30. The zero-order chi connectivity index (χ0) is 16.7. The molecule has 0 aromatic heterocycles. The fourth-order valence-electron chi connectivity index (χ4n) is 2.56. The van der Waals surface area contributed by atoms with E-state index in [0.717, 1.165) is 29.7 Å². The highest BCUT2D eigenvalue weighted by Crippen LogP contribution is 2.17. The lowest BCUT2D eigenvalue weighted by Gasteiger charge is -2.22. The maximum absolute atomic E-state index is 12.9. The number of hydrogen-bond donors (Lipinski definition) is 1. The summed E-state index contributed by atoms with van der Waals surface area (Å²) in [7, 11) is 1.92. The molecule has 2 aromatic rings. The third-order valence-corrected chi connectivity index (χ3v) is 4.06. The number of amides is 1. The first-order valence-corrected chi connectivity index (χ1v) is 8.29. The summed E-state index contributed by atoms with van der Waals surface area (Å²) in [6, 6.07) is 15.5. The number of nitrogens with zero attached hydrogens (tertiary/aromatic N) is 1. The molecule has 0 spiro atoms. The van der Waals surface area contributed by atoms with Crippen molar-refractivity contribution in [3.63, 3.8) is 0 Å². The molecule has 0 fully saturated rings. The summed E-state index contributed by atoms with van der Waals surface area (Å²) in [6.45, 7) is 4.07. The van der Waals surface area contributed by atoms with E-state index in [1.54, 1.807) is 0 Å². The summed E-state index contributed by atoms with van der Waals surface area (Å²) in [5.41, 5.74) is 2.91. The minimum atomic E-state index is 0.0687. The summed E-state index contributed by atoms with van der Waals surface area (Å²) >= 11 is 6.04. The minimum absolute atomic E-state index is 0.0687. The van der Waals surface area contributed by atoms with Crippen LogP contribution in [0.15, 0.2) is 48.5 Å². The van der Waals surface area contributed by atoms with Gasteiger partial charge in [0.2, 0.25) is 0 Å². The monoisotopic (exact) mass is 330 g/mol. The summed E-state index contributed by atoms with van der Waals surface area (Å²) in [5, 5.41) is 3.83. The van der Waals surface area contributed by atoms with Crippen LogP contribution in [0.1, 0.15) is 28.4 Å². The van der Waals surface area contributed by atoms with Crippen LogP contribution < -0.4 is 5.32 Å². The Hall–Kier alpha value is -1.84. The first-order chi connectivity index (χ1) is 11.2. The van der Waals surface area contributed by atoms with Crippen molar-refractivity contribution < 1.29 is 4.79 Å². The van der Waals surface area contributed by atoms with Crippen molar-refractivity contribution >= 4 is 17.5 Å². The van der Waals surface area contributed by atoms with Crippen LogP contribution in [0.25, 0.3) is 0 Å². The Balaban J connectivity index is 2.19. The molecular weight excluding hydrogens is 308 g/mol. The van der Waals surface area contributed by atoms with Crippen molar-refractivity contribution in [1.82, 2.24) is 10.2 Å². The largest absolute Gasteiger partial charge is 0.335 e. The normalized spacial score (nSPS) is 10.6. The van der Waals surface area contributed by atoms with E-state index >= 15 is 0 Å². The first kappa shape index (κ1) is 17.5. The Kier molecular flexibility index (Phi) is 6.63. The highest BCUT2D eigenvalue weighted by Gasteiger charge is 2.17. The summed E-state index contributed by atoms with van der Waals surface area (Å²) in [5.74, 6) is 0.0687. The standard InChI is InChI=1S/C19H23ClN2O/c1-3-22(14-15-7-6-9-17(20)13-15)19(23)18-10-5-4-8-16(18)11-12-21-2/h4-10,13,21H,3,11-12,14H2,1-2H3. The van der Waals surface area contributed by atoms with Crippen LogP contribution in [-0.4, -0.2) is 30.9 Å². The second kappa shape index (κ2) is 8.70. The van der Waals surface area contributed by atoms with Crippen molar-refractivity contribution in [3.8, 4) is 0 Å². The van der Waals surface area contributed by atoms with Gasteiger partial charge in [0.25, 0.3) is 5.91 Å². The second-order valence-corrected chi connectivity index (χ2v) is 5.90. The second-order valence-electron chi connectivity index (χ2n) is 5.46. The van der Waals surface area contributed by atoms with Crippen molar-refractivity contribution in [2.24, 2.45) is 0 Å². The molecule has 0 heterocycles. The predicted octanol–water partition coefficient (Wildman–Crippen LogP) is 3.76. The van der Waals surface area contributed by atoms with Gasteiger partial charge in [0.15, 0.2) is 0 Å². The number of carbonyl (C=O) groups is 1. The Bertz CT molecular complexity index is 657. The molecule has 4 heteroatoms. The molecule has 0 unspecified atom stereocenters. The van der Waals surface area contributed by atoms with Crippen LogP contribution in [0.5, 0.6) is 0 Å². The van der Waals surface area contributed by atoms with Gasteiger partial charge in [-0.25, -0.2) is 0 Å². The molecule has 0 saturated heterocycles. The van der Waals surface area contributed by atoms with Gasteiger partial charge >= 0.3 is 0 Å². The highest BCUT2D eigenvalue weighted by atomic mass is 35.5. The van der Waals surface area contributed by atoms with Crippen LogP contribution >= 0.6 is 11.6 Å². The molecule has 0 aliphatic heterocycles. The van der Waals surface area contributed by atoms with Crippen LogP contribution in [0.3, 0.4) is 0 Å². The lowest BCUT2D eigenvalue weighted by Crippen LogP contribution is -2.31. The van der Waals surface area contributed by atoms with Crippen molar-refractivity contribution in [2.45, 2.75) is 19.9 Å². The molecule has 23 heavy (non-hydrogen) atoms. The van der Waals surface area contributed by atoms with E-state index in [2.05, 4.69) is 5.32 Å². The smallest absolute Gasteiger partial charge is 0.254 e. The Morgan fingerprint density at radius 1 is 1.17 bits per heavy atom. The SMILES string of the molecule is CCN(Cc1cccc(Cl)c1)C(=O)c1ccccc1CCNC. The fraction of sp³-hybridized carbons (Fsp3) is 0.316. The maximum atomic E-state index is 12.9. The Labute approximate surface area is 143 Å². The molecule has 122 valence electrons. The van der Waals surface area contributed by atoms with Crippen molar-refractivity contribution in [3.05, 3.63) is 70.2 Å². The number of carbonyl (C=O) groups excluding carboxylic acids is 1. The predicted molar refractivity (Wildman–Crippen MR) is 95.9 cm³/mol. The van der Waals surface area contributed by atoms with Crippen molar-refractivity contribution in [2.75, 3.05) is 20.1 Å². The number of hydrogen-bond acceptors (Lipinski definition) is 2. The van der Waals surface area contributed by atoms with Crippen LogP contribution in [-0.2, 0) is 13.0 Å². The maximum Gasteiger partial charge on any atom is 0.254 e. The van der Waals surface area contributed by atoms with Gasteiger partial charge in [-0.3, -0.25) is 4.79 Å². The molecule has 2 rings (SSSR count). The summed E-state index contributed by atoms with van der Waals surface area (Å²) in [4.78, 5) is 14.8. The lowest BCUT2D eigenvalue weighted by molar-refractivity contribution is 0.0751. The van der Waals surface area contributed by atoms with Gasteiger partial charge in [0, 0.05) is 23.7 Å². The van der Waals surface area contributed by atoms with Gasteiger partial charge in [0.05, 0.1) is 0 Å². The van der Waals surface area contributed by atoms with E-state index < -0.39 is 0 Å². The zero-order valence-corrected chi connectivity index (χ0v) is 14.4. The molecule has 0 aliphatic rings. The van der Waals surface area contributed by atoms with E-state index in [9.17, 15) is 4.79 Å². The van der Waals surface area contributed by atoms with Crippen LogP contribution in [0, 0.1) is 0 Å². The van der Waals surface area contributed by atoms with Gasteiger partial charge in [-0.15, -0.1) is 0 Å². The Morgan fingerprint density at radius 3 is 2.65 bits per heavy atom. The first-order valence-electron chi connectivity index (χ1n) is 7.92. The minimum Gasteiger partial charge on any atom is -0.335 e. The molecule has 0 aliphatic carbocycles.